The number of aryl methyl sites for hydroxylation is 2. The number of nitrogens with one attached hydrogen (secondary N) is 1. The van der Waals surface area contributed by atoms with Crippen molar-refractivity contribution >= 4 is 33.2 Å². The van der Waals surface area contributed by atoms with Crippen LogP contribution >= 0.6 is 11.6 Å². The molecule has 1 N–H and O–H groups in total. The van der Waals surface area contributed by atoms with E-state index < -0.39 is 16.1 Å². The molecule has 138 valence electrons. The van der Waals surface area contributed by atoms with E-state index in [0.29, 0.717) is 30.1 Å². The van der Waals surface area contributed by atoms with E-state index in [2.05, 4.69) is 5.32 Å². The van der Waals surface area contributed by atoms with E-state index in [0.717, 1.165) is 11.1 Å². The number of anilines is 1. The summed E-state index contributed by atoms with van der Waals surface area (Å²) in [6.07, 6.45) is 1.15. The number of hydrogen-bond donors (Lipinski definition) is 1. The summed E-state index contributed by atoms with van der Waals surface area (Å²) in [5.74, 6) is -0.330. The molecule has 2 aromatic carbocycles. The summed E-state index contributed by atoms with van der Waals surface area (Å²) < 4.78 is 27.2. The number of rotatable bonds is 4. The number of nitrogens with zero attached hydrogens (tertiary/aromatic N) is 1. The molecule has 1 fully saturated rings. The van der Waals surface area contributed by atoms with Gasteiger partial charge in [0.1, 0.15) is 6.04 Å². The summed E-state index contributed by atoms with van der Waals surface area (Å²) >= 11 is 6.00. The molecule has 3 rings (SSSR count). The van der Waals surface area contributed by atoms with Crippen molar-refractivity contribution in [2.24, 2.45) is 0 Å². The highest BCUT2D eigenvalue weighted by Gasteiger charge is 2.39. The zero-order valence-electron chi connectivity index (χ0n) is 14.7. The standard InChI is InChI=1S/C19H21ClN2O3S/c1-13-5-9-16(10-6-13)26(24,25)22-11-3-4-18(22)19(23)21-17-12-15(20)8-7-14(17)2/h5-10,12,18H,3-4,11H2,1-2H3,(H,21,23)/t18-/m1/s1. The molecule has 7 heteroatoms. The molecular weight excluding hydrogens is 372 g/mol. The van der Waals surface area contributed by atoms with Gasteiger partial charge in [0.25, 0.3) is 0 Å². The summed E-state index contributed by atoms with van der Waals surface area (Å²) in [6, 6.07) is 11.2. The van der Waals surface area contributed by atoms with E-state index >= 15 is 0 Å². The second kappa shape index (κ2) is 7.39. The summed E-state index contributed by atoms with van der Waals surface area (Å²) in [5.41, 5.74) is 2.45. The fraction of sp³-hybridized carbons (Fsp3) is 0.316. The molecule has 0 spiro atoms. The van der Waals surface area contributed by atoms with Crippen molar-refractivity contribution in [1.29, 1.82) is 0 Å². The summed E-state index contributed by atoms with van der Waals surface area (Å²) in [6.45, 7) is 4.10. The van der Waals surface area contributed by atoms with Crippen LogP contribution in [0.4, 0.5) is 5.69 Å². The first kappa shape index (κ1) is 18.9. The largest absolute Gasteiger partial charge is 0.324 e. The zero-order chi connectivity index (χ0) is 18.9. The smallest absolute Gasteiger partial charge is 0.243 e. The average Bonchev–Trinajstić information content (AvgIpc) is 3.09. The Kier molecular flexibility index (Phi) is 5.37. The molecule has 0 aliphatic carbocycles. The number of hydrogen-bond acceptors (Lipinski definition) is 3. The molecule has 1 atom stereocenters. The van der Waals surface area contributed by atoms with E-state index in [-0.39, 0.29) is 10.8 Å². The highest BCUT2D eigenvalue weighted by Crippen LogP contribution is 2.28. The van der Waals surface area contributed by atoms with E-state index in [1.54, 1.807) is 36.4 Å². The Bertz CT molecular complexity index is 926. The quantitative estimate of drug-likeness (QED) is 0.861. The van der Waals surface area contributed by atoms with Crippen LogP contribution in [0.3, 0.4) is 0 Å². The van der Waals surface area contributed by atoms with Crippen LogP contribution in [-0.4, -0.2) is 31.2 Å². The molecular formula is C19H21ClN2O3S. The third-order valence-electron chi connectivity index (χ3n) is 4.59. The second-order valence-electron chi connectivity index (χ2n) is 6.54. The Morgan fingerprint density at radius 2 is 1.85 bits per heavy atom. The number of benzene rings is 2. The van der Waals surface area contributed by atoms with E-state index in [1.165, 1.54) is 4.31 Å². The molecule has 1 aliphatic rings. The number of halogens is 1. The average molecular weight is 393 g/mol. The maximum atomic E-state index is 13.0. The third-order valence-corrected chi connectivity index (χ3v) is 6.75. The van der Waals surface area contributed by atoms with Gasteiger partial charge in [-0.2, -0.15) is 4.31 Å². The first-order valence-electron chi connectivity index (χ1n) is 8.44. The van der Waals surface area contributed by atoms with Crippen molar-refractivity contribution < 1.29 is 13.2 Å². The number of carbonyl (C=O) groups excluding carboxylic acids is 1. The van der Waals surface area contributed by atoms with Gasteiger partial charge in [-0.3, -0.25) is 4.79 Å². The highest BCUT2D eigenvalue weighted by molar-refractivity contribution is 7.89. The van der Waals surface area contributed by atoms with E-state index in [4.69, 9.17) is 11.6 Å². The Labute approximate surface area is 159 Å². The number of sulfonamides is 1. The molecule has 1 saturated heterocycles. The maximum Gasteiger partial charge on any atom is 0.243 e. The minimum absolute atomic E-state index is 0.210. The fourth-order valence-corrected chi connectivity index (χ4v) is 4.91. The molecule has 0 radical (unpaired) electrons. The van der Waals surface area contributed by atoms with Crippen LogP contribution in [0.5, 0.6) is 0 Å². The molecule has 26 heavy (non-hydrogen) atoms. The SMILES string of the molecule is Cc1ccc(S(=O)(=O)N2CCC[C@@H]2C(=O)Nc2cc(Cl)ccc2C)cc1. The third kappa shape index (κ3) is 3.77. The lowest BCUT2D eigenvalue weighted by Gasteiger charge is -2.24. The first-order valence-corrected chi connectivity index (χ1v) is 10.3. The van der Waals surface area contributed by atoms with Crippen LogP contribution in [0.1, 0.15) is 24.0 Å². The van der Waals surface area contributed by atoms with Gasteiger partial charge in [-0.05, 0) is 56.5 Å². The Hall–Kier alpha value is -1.89. The predicted molar refractivity (Wildman–Crippen MR) is 103 cm³/mol. The molecule has 0 unspecified atom stereocenters. The van der Waals surface area contributed by atoms with Crippen molar-refractivity contribution in [3.8, 4) is 0 Å². The predicted octanol–water partition coefficient (Wildman–Crippen LogP) is 3.75. The number of amides is 1. The van der Waals surface area contributed by atoms with Gasteiger partial charge in [0.2, 0.25) is 15.9 Å². The molecule has 0 bridgehead atoms. The zero-order valence-corrected chi connectivity index (χ0v) is 16.3. The minimum atomic E-state index is -3.71. The molecule has 2 aromatic rings. The highest BCUT2D eigenvalue weighted by atomic mass is 35.5. The van der Waals surface area contributed by atoms with Crippen LogP contribution in [0.25, 0.3) is 0 Å². The van der Waals surface area contributed by atoms with Crippen LogP contribution in [0.2, 0.25) is 5.02 Å². The van der Waals surface area contributed by atoms with Gasteiger partial charge in [-0.15, -0.1) is 0 Å². The molecule has 1 heterocycles. The van der Waals surface area contributed by atoms with Gasteiger partial charge < -0.3 is 5.32 Å². The monoisotopic (exact) mass is 392 g/mol. The lowest BCUT2D eigenvalue weighted by atomic mass is 10.1. The van der Waals surface area contributed by atoms with Crippen molar-refractivity contribution in [3.05, 3.63) is 58.6 Å². The molecule has 5 nitrogen and oxygen atoms in total. The van der Waals surface area contributed by atoms with Crippen molar-refractivity contribution in [2.75, 3.05) is 11.9 Å². The van der Waals surface area contributed by atoms with Crippen molar-refractivity contribution in [3.63, 3.8) is 0 Å². The van der Waals surface area contributed by atoms with Gasteiger partial charge in [-0.1, -0.05) is 35.4 Å². The lowest BCUT2D eigenvalue weighted by Crippen LogP contribution is -2.43. The Balaban J connectivity index is 1.84. The molecule has 0 saturated carbocycles. The summed E-state index contributed by atoms with van der Waals surface area (Å²) in [7, 11) is -3.71. The van der Waals surface area contributed by atoms with Gasteiger partial charge in [0.05, 0.1) is 4.90 Å². The summed E-state index contributed by atoms with van der Waals surface area (Å²) in [4.78, 5) is 13.0. The molecule has 0 aromatic heterocycles. The topological polar surface area (TPSA) is 66.5 Å². The van der Waals surface area contributed by atoms with Gasteiger partial charge >= 0.3 is 0 Å². The van der Waals surface area contributed by atoms with Crippen LogP contribution in [0, 0.1) is 13.8 Å². The van der Waals surface area contributed by atoms with Gasteiger partial charge in [-0.25, -0.2) is 8.42 Å². The van der Waals surface area contributed by atoms with Gasteiger partial charge in [0, 0.05) is 17.3 Å². The molecule has 1 amide bonds. The maximum absolute atomic E-state index is 13.0. The van der Waals surface area contributed by atoms with Gasteiger partial charge in [0.15, 0.2) is 0 Å². The minimum Gasteiger partial charge on any atom is -0.324 e. The second-order valence-corrected chi connectivity index (χ2v) is 8.86. The van der Waals surface area contributed by atoms with Crippen LogP contribution in [-0.2, 0) is 14.8 Å². The fourth-order valence-electron chi connectivity index (χ4n) is 3.08. The van der Waals surface area contributed by atoms with Crippen LogP contribution in [0.15, 0.2) is 47.4 Å². The van der Waals surface area contributed by atoms with E-state index in [9.17, 15) is 13.2 Å². The van der Waals surface area contributed by atoms with Crippen LogP contribution < -0.4 is 5.32 Å². The van der Waals surface area contributed by atoms with Crippen molar-refractivity contribution in [2.45, 2.75) is 37.6 Å². The molecule has 1 aliphatic heterocycles. The first-order chi connectivity index (χ1) is 12.3. The number of carbonyl (C=O) groups is 1. The lowest BCUT2D eigenvalue weighted by molar-refractivity contribution is -0.119. The summed E-state index contributed by atoms with van der Waals surface area (Å²) in [5, 5.41) is 3.34. The van der Waals surface area contributed by atoms with E-state index in [1.807, 2.05) is 19.9 Å². The Morgan fingerprint density at radius 3 is 2.54 bits per heavy atom. The van der Waals surface area contributed by atoms with Crippen molar-refractivity contribution in [1.82, 2.24) is 4.31 Å². The Morgan fingerprint density at radius 1 is 1.15 bits per heavy atom. The normalized spacial score (nSPS) is 18.0.